The standard InChI is InChI=1S/C16H19O8P/c1-2-12(9-4-3-5-10(17)6-9)16(20,21)15-13(19)7-11(18)8-14(15)25(22,23)24/h3-8,12,17-21H,2H2,1H3,(H2,22,23,24). The smallest absolute Gasteiger partial charge is 0.356 e. The maximum absolute atomic E-state index is 11.7. The van der Waals surface area contributed by atoms with Crippen LogP contribution in [-0.4, -0.2) is 35.3 Å². The largest absolute Gasteiger partial charge is 0.508 e. The Morgan fingerprint density at radius 3 is 2.20 bits per heavy atom. The Balaban J connectivity index is 2.72. The Kier molecular flexibility index (Phi) is 5.13. The highest BCUT2D eigenvalue weighted by atomic mass is 31.2. The first kappa shape index (κ1) is 19.2. The zero-order chi connectivity index (χ0) is 19.0. The summed E-state index contributed by atoms with van der Waals surface area (Å²) in [5.74, 6) is -5.64. The fourth-order valence-corrected chi connectivity index (χ4v) is 3.74. The van der Waals surface area contributed by atoms with E-state index in [1.165, 1.54) is 24.3 Å². The van der Waals surface area contributed by atoms with E-state index in [4.69, 9.17) is 0 Å². The van der Waals surface area contributed by atoms with Gasteiger partial charge in [0.1, 0.15) is 17.2 Å². The molecule has 9 heteroatoms. The molecule has 0 aliphatic heterocycles. The summed E-state index contributed by atoms with van der Waals surface area (Å²) in [7, 11) is -5.05. The van der Waals surface area contributed by atoms with Crippen LogP contribution in [0.3, 0.4) is 0 Å². The highest BCUT2D eigenvalue weighted by Crippen LogP contribution is 2.47. The third-order valence-corrected chi connectivity index (χ3v) is 4.91. The van der Waals surface area contributed by atoms with Crippen LogP contribution in [0.4, 0.5) is 0 Å². The van der Waals surface area contributed by atoms with Gasteiger partial charge in [0.05, 0.1) is 10.9 Å². The van der Waals surface area contributed by atoms with E-state index in [0.717, 1.165) is 6.07 Å². The summed E-state index contributed by atoms with van der Waals surface area (Å²) < 4.78 is 11.7. The molecule has 0 aromatic heterocycles. The molecule has 1 atom stereocenters. The van der Waals surface area contributed by atoms with Crippen molar-refractivity contribution >= 4 is 12.9 Å². The molecule has 25 heavy (non-hydrogen) atoms. The Labute approximate surface area is 143 Å². The van der Waals surface area contributed by atoms with E-state index in [1.807, 2.05) is 0 Å². The Hall–Kier alpha value is -2.09. The molecule has 2 aromatic carbocycles. The summed E-state index contributed by atoms with van der Waals surface area (Å²) in [6.07, 6.45) is 0.109. The molecule has 7 N–H and O–H groups in total. The number of hydrogen-bond acceptors (Lipinski definition) is 6. The Morgan fingerprint density at radius 1 is 1.04 bits per heavy atom. The topological polar surface area (TPSA) is 159 Å². The van der Waals surface area contributed by atoms with Crippen LogP contribution >= 0.6 is 7.60 Å². The van der Waals surface area contributed by atoms with Crippen LogP contribution in [0.1, 0.15) is 30.4 Å². The lowest BCUT2D eigenvalue weighted by molar-refractivity contribution is -0.189. The summed E-state index contributed by atoms with van der Waals surface area (Å²) in [5.41, 5.74) is -0.509. The predicted octanol–water partition coefficient (Wildman–Crippen LogP) is 0.938. The highest BCUT2D eigenvalue weighted by molar-refractivity contribution is 7.60. The SMILES string of the molecule is CCC(c1cccc(O)c1)C(O)(O)c1c(O)cc(O)cc1P(=O)(O)O. The van der Waals surface area contributed by atoms with Crippen LogP contribution in [0, 0.1) is 0 Å². The van der Waals surface area contributed by atoms with Crippen molar-refractivity contribution in [2.24, 2.45) is 0 Å². The zero-order valence-corrected chi connectivity index (χ0v) is 14.1. The van der Waals surface area contributed by atoms with Gasteiger partial charge in [0.25, 0.3) is 0 Å². The van der Waals surface area contributed by atoms with Crippen LogP contribution in [0.5, 0.6) is 17.2 Å². The summed E-state index contributed by atoms with van der Waals surface area (Å²) >= 11 is 0. The normalized spacial score (nSPS) is 13.6. The van der Waals surface area contributed by atoms with Crippen LogP contribution < -0.4 is 5.30 Å². The number of hydrogen-bond donors (Lipinski definition) is 7. The van der Waals surface area contributed by atoms with E-state index >= 15 is 0 Å². The highest BCUT2D eigenvalue weighted by Gasteiger charge is 2.43. The number of phenols is 3. The average molecular weight is 370 g/mol. The predicted molar refractivity (Wildman–Crippen MR) is 88.7 cm³/mol. The zero-order valence-electron chi connectivity index (χ0n) is 13.2. The van der Waals surface area contributed by atoms with Gasteiger partial charge in [0.15, 0.2) is 0 Å². The summed E-state index contributed by atoms with van der Waals surface area (Å²) in [4.78, 5) is 19.0. The Morgan fingerprint density at radius 2 is 1.68 bits per heavy atom. The fourth-order valence-electron chi connectivity index (χ4n) is 2.87. The van der Waals surface area contributed by atoms with E-state index in [0.29, 0.717) is 6.07 Å². The molecular weight excluding hydrogens is 351 g/mol. The monoisotopic (exact) mass is 370 g/mol. The van der Waals surface area contributed by atoms with Crippen molar-refractivity contribution in [3.63, 3.8) is 0 Å². The van der Waals surface area contributed by atoms with Gasteiger partial charge in [-0.25, -0.2) is 0 Å². The van der Waals surface area contributed by atoms with Crippen molar-refractivity contribution in [3.05, 3.63) is 47.5 Å². The molecule has 0 amide bonds. The first-order valence-electron chi connectivity index (χ1n) is 7.34. The van der Waals surface area contributed by atoms with Gasteiger partial charge in [0, 0.05) is 12.0 Å². The number of aliphatic hydroxyl groups is 2. The van der Waals surface area contributed by atoms with E-state index in [9.17, 15) is 39.9 Å². The number of rotatable bonds is 5. The van der Waals surface area contributed by atoms with E-state index in [-0.39, 0.29) is 17.7 Å². The van der Waals surface area contributed by atoms with E-state index in [1.54, 1.807) is 6.92 Å². The van der Waals surface area contributed by atoms with Gasteiger partial charge in [-0.15, -0.1) is 0 Å². The van der Waals surface area contributed by atoms with Crippen LogP contribution in [0.25, 0.3) is 0 Å². The Bertz CT molecular complexity index is 827. The quantitative estimate of drug-likeness (QED) is 0.302. The second-order valence-corrected chi connectivity index (χ2v) is 7.25. The number of phenolic OH excluding ortho intramolecular Hbond substituents is 3. The lowest BCUT2D eigenvalue weighted by Gasteiger charge is -2.33. The molecule has 2 rings (SSSR count). The molecule has 2 aromatic rings. The van der Waals surface area contributed by atoms with Crippen LogP contribution in [-0.2, 0) is 10.4 Å². The van der Waals surface area contributed by atoms with Crippen molar-refractivity contribution in [2.45, 2.75) is 25.0 Å². The maximum atomic E-state index is 11.7. The molecule has 0 aliphatic rings. The molecule has 0 saturated heterocycles. The van der Waals surface area contributed by atoms with Gasteiger partial charge < -0.3 is 35.3 Å². The average Bonchev–Trinajstić information content (AvgIpc) is 2.45. The molecular formula is C16H19O8P. The molecule has 136 valence electrons. The van der Waals surface area contributed by atoms with Crippen molar-refractivity contribution in [1.29, 1.82) is 0 Å². The van der Waals surface area contributed by atoms with E-state index in [2.05, 4.69) is 0 Å². The van der Waals surface area contributed by atoms with Crippen LogP contribution in [0.2, 0.25) is 0 Å². The first-order valence-corrected chi connectivity index (χ1v) is 8.96. The molecule has 0 saturated carbocycles. The van der Waals surface area contributed by atoms with E-state index < -0.39 is 41.7 Å². The van der Waals surface area contributed by atoms with Crippen LogP contribution in [0.15, 0.2) is 36.4 Å². The molecule has 0 spiro atoms. The molecule has 0 bridgehead atoms. The minimum Gasteiger partial charge on any atom is -0.508 e. The van der Waals surface area contributed by atoms with Crippen molar-refractivity contribution in [1.82, 2.24) is 0 Å². The summed E-state index contributed by atoms with van der Waals surface area (Å²) in [6, 6.07) is 7.07. The lowest BCUT2D eigenvalue weighted by Crippen LogP contribution is -2.37. The van der Waals surface area contributed by atoms with Gasteiger partial charge in [0.2, 0.25) is 5.79 Å². The van der Waals surface area contributed by atoms with Gasteiger partial charge in [-0.2, -0.15) is 0 Å². The van der Waals surface area contributed by atoms with Gasteiger partial charge >= 0.3 is 7.60 Å². The molecule has 8 nitrogen and oxygen atoms in total. The minimum absolute atomic E-state index is 0.109. The fraction of sp³-hybridized carbons (Fsp3) is 0.250. The first-order chi connectivity index (χ1) is 11.5. The van der Waals surface area contributed by atoms with Gasteiger partial charge in [-0.1, -0.05) is 19.1 Å². The second kappa shape index (κ2) is 6.67. The maximum Gasteiger partial charge on any atom is 0.356 e. The third-order valence-electron chi connectivity index (χ3n) is 3.93. The van der Waals surface area contributed by atoms with Gasteiger partial charge in [-0.05, 0) is 30.2 Å². The van der Waals surface area contributed by atoms with Crippen molar-refractivity contribution in [3.8, 4) is 17.2 Å². The number of aromatic hydroxyl groups is 3. The second-order valence-electron chi connectivity index (χ2n) is 5.69. The summed E-state index contributed by atoms with van der Waals surface area (Å²) in [6.45, 7) is 1.60. The lowest BCUT2D eigenvalue weighted by atomic mass is 9.83. The minimum atomic E-state index is -5.05. The molecule has 0 aliphatic carbocycles. The van der Waals surface area contributed by atoms with Crippen molar-refractivity contribution in [2.75, 3.05) is 0 Å². The third kappa shape index (κ3) is 3.78. The molecule has 1 unspecified atom stereocenters. The number of benzene rings is 2. The van der Waals surface area contributed by atoms with Gasteiger partial charge in [-0.3, -0.25) is 4.57 Å². The van der Waals surface area contributed by atoms with Crippen molar-refractivity contribution < 1.29 is 39.9 Å². The molecule has 0 heterocycles. The molecule has 0 radical (unpaired) electrons. The molecule has 0 fully saturated rings. The summed E-state index contributed by atoms with van der Waals surface area (Å²) in [5, 5.41) is 49.6.